The van der Waals surface area contributed by atoms with Gasteiger partial charge in [0.15, 0.2) is 0 Å². The molecule has 0 rings (SSSR count). The minimum absolute atomic E-state index is 1.23. The van der Waals surface area contributed by atoms with Crippen LogP contribution in [0.4, 0.5) is 0 Å². The number of hydrogen-bond acceptors (Lipinski definition) is 2. The summed E-state index contributed by atoms with van der Waals surface area (Å²) < 4.78 is 6.58. The fourth-order valence-corrected chi connectivity index (χ4v) is 13.2. The zero-order chi connectivity index (χ0) is 16.2. The maximum atomic E-state index is 10.1. The second-order valence-electron chi connectivity index (χ2n) is 6.71. The summed E-state index contributed by atoms with van der Waals surface area (Å²) in [6.45, 7) is 8.78. The Hall–Kier alpha value is 0.780. The molecule has 130 valence electrons. The Morgan fingerprint density at radius 3 is 1.19 bits per heavy atom. The molecule has 0 aliphatic heterocycles. The van der Waals surface area contributed by atoms with Crippen LogP contribution in [0.2, 0.25) is 0 Å². The van der Waals surface area contributed by atoms with E-state index in [1.54, 1.807) is 0 Å². The molecule has 0 radical (unpaired) electrons. The van der Waals surface area contributed by atoms with E-state index in [2.05, 4.69) is 27.7 Å². The van der Waals surface area contributed by atoms with E-state index < -0.39 is 15.2 Å². The Kier molecular flexibility index (Phi) is 11.8. The van der Waals surface area contributed by atoms with Crippen LogP contribution in [0.1, 0.15) is 79.1 Å². The molecule has 21 heavy (non-hydrogen) atoms. The van der Waals surface area contributed by atoms with Gasteiger partial charge in [-0.05, 0) is 0 Å². The van der Waals surface area contributed by atoms with Crippen molar-refractivity contribution in [3.63, 3.8) is 0 Å². The number of unbranched alkanes of at least 4 members (excludes halogenated alkanes) is 4. The molecular weight excluding hydrogens is 298 g/mol. The standard InChI is InChI=1S/C17H40O2P2/c1-6-10-14-21(15-11-7-2,16-12-8-3,17-13-9-4)19-20(5)18/h18H,6-17H2,1-5H3. The van der Waals surface area contributed by atoms with Crippen molar-refractivity contribution in [3.05, 3.63) is 0 Å². The Bertz CT molecular complexity index is 214. The summed E-state index contributed by atoms with van der Waals surface area (Å²) in [5, 5.41) is 0. The molecule has 0 fully saturated rings. The summed E-state index contributed by atoms with van der Waals surface area (Å²) in [5.74, 6) is 0. The molecule has 0 aromatic carbocycles. The molecule has 1 N–H and O–H groups in total. The monoisotopic (exact) mass is 338 g/mol. The van der Waals surface area contributed by atoms with Crippen molar-refractivity contribution in [2.75, 3.05) is 31.3 Å². The van der Waals surface area contributed by atoms with E-state index in [1.165, 1.54) is 76.0 Å². The molecule has 0 heterocycles. The Labute approximate surface area is 135 Å². The normalized spacial score (nSPS) is 15.6. The van der Waals surface area contributed by atoms with Crippen LogP contribution in [0.5, 0.6) is 0 Å². The van der Waals surface area contributed by atoms with E-state index in [0.717, 1.165) is 0 Å². The zero-order valence-electron chi connectivity index (χ0n) is 15.2. The van der Waals surface area contributed by atoms with Gasteiger partial charge in [-0.2, -0.15) is 0 Å². The predicted molar refractivity (Wildman–Crippen MR) is 102 cm³/mol. The van der Waals surface area contributed by atoms with Crippen molar-refractivity contribution in [1.29, 1.82) is 0 Å². The molecule has 2 nitrogen and oxygen atoms in total. The first kappa shape index (κ1) is 21.8. The molecule has 0 saturated heterocycles. The molecule has 0 aromatic heterocycles. The van der Waals surface area contributed by atoms with E-state index >= 15 is 0 Å². The quantitative estimate of drug-likeness (QED) is 0.361. The average molecular weight is 338 g/mol. The van der Waals surface area contributed by atoms with Crippen molar-refractivity contribution in [1.82, 2.24) is 0 Å². The molecule has 0 bridgehead atoms. The number of rotatable bonds is 14. The van der Waals surface area contributed by atoms with Crippen molar-refractivity contribution < 1.29 is 9.20 Å². The van der Waals surface area contributed by atoms with E-state index in [1.807, 2.05) is 6.66 Å². The van der Waals surface area contributed by atoms with Crippen molar-refractivity contribution >= 4 is 15.2 Å². The van der Waals surface area contributed by atoms with Gasteiger partial charge in [-0.25, -0.2) is 0 Å². The second-order valence-corrected chi connectivity index (χ2v) is 13.8. The summed E-state index contributed by atoms with van der Waals surface area (Å²) in [7, 11) is -1.25. The first-order valence-corrected chi connectivity index (χ1v) is 13.7. The maximum absolute atomic E-state index is 10.1. The summed E-state index contributed by atoms with van der Waals surface area (Å²) in [6.07, 6.45) is 15.0. The Balaban J connectivity index is 5.44. The van der Waals surface area contributed by atoms with E-state index in [0.29, 0.717) is 0 Å². The summed E-state index contributed by atoms with van der Waals surface area (Å²) in [5.41, 5.74) is 0. The van der Waals surface area contributed by atoms with Crippen LogP contribution in [0.3, 0.4) is 0 Å². The molecule has 4 heteroatoms. The van der Waals surface area contributed by atoms with Crippen LogP contribution in [0, 0.1) is 0 Å². The first-order valence-electron chi connectivity index (χ1n) is 9.11. The van der Waals surface area contributed by atoms with Crippen molar-refractivity contribution in [2.24, 2.45) is 0 Å². The molecule has 1 unspecified atom stereocenters. The van der Waals surface area contributed by atoms with E-state index in [4.69, 9.17) is 4.31 Å². The zero-order valence-corrected chi connectivity index (χ0v) is 17.0. The molecule has 0 saturated carbocycles. The third-order valence-electron chi connectivity index (χ3n) is 4.66. The third-order valence-corrected chi connectivity index (χ3v) is 13.2. The molecule has 0 amide bonds. The van der Waals surface area contributed by atoms with Gasteiger partial charge in [0.2, 0.25) is 0 Å². The van der Waals surface area contributed by atoms with Gasteiger partial charge in [0.1, 0.15) is 0 Å². The van der Waals surface area contributed by atoms with Gasteiger partial charge in [0.25, 0.3) is 0 Å². The van der Waals surface area contributed by atoms with E-state index in [-0.39, 0.29) is 0 Å². The predicted octanol–water partition coefficient (Wildman–Crippen LogP) is 6.61. The summed E-state index contributed by atoms with van der Waals surface area (Å²) in [4.78, 5) is 10.1. The van der Waals surface area contributed by atoms with Crippen LogP contribution in [0.15, 0.2) is 0 Å². The van der Waals surface area contributed by atoms with Gasteiger partial charge in [-0.3, -0.25) is 0 Å². The van der Waals surface area contributed by atoms with Gasteiger partial charge in [0, 0.05) is 0 Å². The van der Waals surface area contributed by atoms with Crippen molar-refractivity contribution in [3.8, 4) is 0 Å². The minimum atomic E-state index is -2.20. The number of hydrogen-bond donors (Lipinski definition) is 1. The van der Waals surface area contributed by atoms with Crippen LogP contribution in [0.25, 0.3) is 0 Å². The Morgan fingerprint density at radius 1 is 0.714 bits per heavy atom. The molecule has 0 aliphatic carbocycles. The Morgan fingerprint density at radius 2 is 1.00 bits per heavy atom. The molecular formula is C17H40O2P2. The van der Waals surface area contributed by atoms with Gasteiger partial charge in [0.05, 0.1) is 0 Å². The van der Waals surface area contributed by atoms with Gasteiger partial charge < -0.3 is 0 Å². The van der Waals surface area contributed by atoms with Crippen LogP contribution in [-0.2, 0) is 4.31 Å². The van der Waals surface area contributed by atoms with Crippen molar-refractivity contribution in [2.45, 2.75) is 79.1 Å². The topological polar surface area (TPSA) is 29.5 Å². The average Bonchev–Trinajstić information content (AvgIpc) is 2.47. The molecule has 0 aromatic rings. The van der Waals surface area contributed by atoms with Crippen LogP contribution < -0.4 is 0 Å². The molecule has 1 atom stereocenters. The van der Waals surface area contributed by atoms with Gasteiger partial charge >= 0.3 is 135 Å². The molecule has 0 aliphatic rings. The fraction of sp³-hybridized carbons (Fsp3) is 1.00. The van der Waals surface area contributed by atoms with Crippen LogP contribution >= 0.6 is 15.2 Å². The molecule has 0 spiro atoms. The third kappa shape index (κ3) is 7.74. The van der Waals surface area contributed by atoms with Gasteiger partial charge in [-0.1, -0.05) is 0 Å². The second kappa shape index (κ2) is 11.3. The van der Waals surface area contributed by atoms with Crippen LogP contribution in [-0.4, -0.2) is 36.2 Å². The summed E-state index contributed by atoms with van der Waals surface area (Å²) >= 11 is 0. The SMILES string of the molecule is CCCCP(CCCC)(CCCC)(CCCC)OP(C)O. The van der Waals surface area contributed by atoms with E-state index in [9.17, 15) is 4.89 Å². The summed E-state index contributed by atoms with van der Waals surface area (Å²) in [6, 6.07) is 0. The fourth-order valence-electron chi connectivity index (χ4n) is 3.40. The first-order chi connectivity index (χ1) is 9.97. The van der Waals surface area contributed by atoms with Gasteiger partial charge in [-0.15, -0.1) is 0 Å².